The summed E-state index contributed by atoms with van der Waals surface area (Å²) in [6.07, 6.45) is 0. The molecule has 1 N–H and O–H groups in total. The molecule has 0 bridgehead atoms. The molecule has 2 heterocycles. The van der Waals surface area contributed by atoms with Gasteiger partial charge in [0.2, 0.25) is 0 Å². The zero-order valence-electron chi connectivity index (χ0n) is 22.6. The van der Waals surface area contributed by atoms with Gasteiger partial charge in [-0.05, 0) is 36.4 Å². The summed E-state index contributed by atoms with van der Waals surface area (Å²) in [6.45, 7) is 11.0. The molecule has 0 spiro atoms. The van der Waals surface area contributed by atoms with Crippen LogP contribution in [-0.2, 0) is 16.4 Å². The highest BCUT2D eigenvalue weighted by atomic mass is 32.2. The van der Waals surface area contributed by atoms with Crippen LogP contribution in [0.5, 0.6) is 5.75 Å². The molecule has 3 aromatic rings. The molecule has 0 aromatic heterocycles. The zero-order valence-corrected chi connectivity index (χ0v) is 23.5. The summed E-state index contributed by atoms with van der Waals surface area (Å²) in [5, 5.41) is 4.99. The van der Waals surface area contributed by atoms with Gasteiger partial charge in [-0.25, -0.2) is 8.42 Å². The summed E-state index contributed by atoms with van der Waals surface area (Å²) in [4.78, 5) is 20.1. The molecule has 0 saturated carbocycles. The number of carbonyl (C=O) groups is 1. The molecule has 0 radical (unpaired) electrons. The van der Waals surface area contributed by atoms with Gasteiger partial charge in [0.25, 0.3) is 5.91 Å². The van der Waals surface area contributed by atoms with E-state index < -0.39 is 9.84 Å². The van der Waals surface area contributed by atoms with Crippen LogP contribution >= 0.6 is 0 Å². The molecule has 208 valence electrons. The number of carbonyl (C=O) groups excluding carboxylic acids is 1. The first-order valence-electron chi connectivity index (χ1n) is 13.8. The molecular weight excluding hydrogens is 512 g/mol. The summed E-state index contributed by atoms with van der Waals surface area (Å²) in [5.41, 5.74) is 2.38. The lowest BCUT2D eigenvalue weighted by molar-refractivity contribution is 0.102. The highest BCUT2D eigenvalue weighted by Crippen LogP contribution is 2.32. The zero-order chi connectivity index (χ0) is 27.2. The number of amides is 1. The van der Waals surface area contributed by atoms with Crippen molar-refractivity contribution in [2.45, 2.75) is 13.5 Å². The Hall–Kier alpha value is -2.98. The number of fused-ring (bicyclic) bond motifs is 1. The van der Waals surface area contributed by atoms with Crippen LogP contribution in [0.2, 0.25) is 0 Å². The van der Waals surface area contributed by atoms with Crippen molar-refractivity contribution in [2.24, 2.45) is 0 Å². The molecule has 2 saturated heterocycles. The third kappa shape index (κ3) is 7.16. The molecule has 2 fully saturated rings. The molecule has 0 atom stereocenters. The molecule has 39 heavy (non-hydrogen) atoms. The Balaban J connectivity index is 1.19. The van der Waals surface area contributed by atoms with Crippen LogP contribution in [0.4, 0.5) is 5.69 Å². The van der Waals surface area contributed by atoms with Crippen molar-refractivity contribution in [1.29, 1.82) is 0 Å². The lowest BCUT2D eigenvalue weighted by Crippen LogP contribution is -2.47. The molecule has 2 aliphatic heterocycles. The summed E-state index contributed by atoms with van der Waals surface area (Å²) in [7, 11) is -2.89. The van der Waals surface area contributed by atoms with E-state index in [0.29, 0.717) is 31.8 Å². The van der Waals surface area contributed by atoms with Crippen LogP contribution < -0.4 is 10.1 Å². The summed E-state index contributed by atoms with van der Waals surface area (Å²) in [5.74, 6) is 1.07. The number of hydrogen-bond acceptors (Lipinski definition) is 7. The Bertz CT molecular complexity index is 1370. The lowest BCUT2D eigenvalue weighted by atomic mass is 10.1. The predicted octanol–water partition coefficient (Wildman–Crippen LogP) is 3.34. The fourth-order valence-electron chi connectivity index (χ4n) is 5.24. The van der Waals surface area contributed by atoms with Gasteiger partial charge in [0, 0.05) is 74.4 Å². The first kappa shape index (κ1) is 27.6. The second-order valence-corrected chi connectivity index (χ2v) is 12.7. The molecule has 2 aliphatic rings. The van der Waals surface area contributed by atoms with Crippen LogP contribution in [0.25, 0.3) is 10.8 Å². The number of hydrogen-bond donors (Lipinski definition) is 1. The highest BCUT2D eigenvalue weighted by molar-refractivity contribution is 7.91. The topological polar surface area (TPSA) is 82.2 Å². The molecule has 5 rings (SSSR count). The number of nitrogens with zero attached hydrogens (tertiary/aromatic N) is 3. The van der Waals surface area contributed by atoms with Gasteiger partial charge in [-0.2, -0.15) is 0 Å². The highest BCUT2D eigenvalue weighted by Gasteiger charge is 2.21. The number of nitrogens with one attached hydrogen (secondary N) is 1. The van der Waals surface area contributed by atoms with Crippen molar-refractivity contribution in [1.82, 2.24) is 14.7 Å². The van der Waals surface area contributed by atoms with Crippen molar-refractivity contribution < 1.29 is 17.9 Å². The largest absolute Gasteiger partial charge is 0.492 e. The Labute approximate surface area is 231 Å². The maximum atomic E-state index is 13.1. The van der Waals surface area contributed by atoms with E-state index in [0.717, 1.165) is 67.0 Å². The van der Waals surface area contributed by atoms with E-state index in [1.807, 2.05) is 60.7 Å². The SMILES string of the molecule is CCN1CCN(CCOc2ccc(NC(=O)c3ccc(CN4CCS(=O)(=O)CC4)cc3)c3ccccc23)CC1. The number of benzene rings is 3. The van der Waals surface area contributed by atoms with Crippen LogP contribution in [0.1, 0.15) is 22.8 Å². The van der Waals surface area contributed by atoms with Gasteiger partial charge in [0.15, 0.2) is 9.84 Å². The fourth-order valence-corrected chi connectivity index (χ4v) is 6.52. The molecular formula is C30H38N4O4S. The molecule has 9 heteroatoms. The van der Waals surface area contributed by atoms with Crippen molar-refractivity contribution in [2.75, 3.05) is 75.8 Å². The molecule has 0 aliphatic carbocycles. The van der Waals surface area contributed by atoms with Crippen molar-refractivity contribution in [3.63, 3.8) is 0 Å². The average molecular weight is 551 g/mol. The van der Waals surface area contributed by atoms with Gasteiger partial charge in [-0.15, -0.1) is 0 Å². The number of likely N-dealkylation sites (N-methyl/N-ethyl adjacent to an activating group) is 1. The first-order chi connectivity index (χ1) is 18.9. The minimum Gasteiger partial charge on any atom is -0.492 e. The normalized spacial score (nSPS) is 18.7. The summed E-state index contributed by atoms with van der Waals surface area (Å²) >= 11 is 0. The maximum absolute atomic E-state index is 13.1. The molecule has 0 unspecified atom stereocenters. The van der Waals surface area contributed by atoms with Gasteiger partial charge in [0.1, 0.15) is 12.4 Å². The van der Waals surface area contributed by atoms with Crippen LogP contribution in [0.3, 0.4) is 0 Å². The van der Waals surface area contributed by atoms with Crippen LogP contribution in [0.15, 0.2) is 60.7 Å². The maximum Gasteiger partial charge on any atom is 0.255 e. The minimum atomic E-state index is -2.89. The van der Waals surface area contributed by atoms with Crippen LogP contribution in [-0.4, -0.2) is 99.5 Å². The van der Waals surface area contributed by atoms with E-state index in [9.17, 15) is 13.2 Å². The number of sulfone groups is 1. The second kappa shape index (κ2) is 12.5. The van der Waals surface area contributed by atoms with Gasteiger partial charge in [-0.3, -0.25) is 14.6 Å². The van der Waals surface area contributed by atoms with E-state index in [2.05, 4.69) is 26.9 Å². The monoisotopic (exact) mass is 550 g/mol. The van der Waals surface area contributed by atoms with Crippen molar-refractivity contribution in [3.8, 4) is 5.75 Å². The third-order valence-corrected chi connectivity index (χ3v) is 9.38. The number of anilines is 1. The van der Waals surface area contributed by atoms with E-state index in [1.165, 1.54) is 0 Å². The van der Waals surface area contributed by atoms with Crippen LogP contribution in [0, 0.1) is 0 Å². The molecule has 1 amide bonds. The van der Waals surface area contributed by atoms with Crippen molar-refractivity contribution in [3.05, 3.63) is 71.8 Å². The van der Waals surface area contributed by atoms with Gasteiger partial charge in [-0.1, -0.05) is 43.3 Å². The van der Waals surface area contributed by atoms with E-state index in [1.54, 1.807) is 0 Å². The Morgan fingerprint density at radius 2 is 1.49 bits per heavy atom. The minimum absolute atomic E-state index is 0.171. The average Bonchev–Trinajstić information content (AvgIpc) is 2.96. The standard InChI is InChI=1S/C30H38N4O4S/c1-2-32-13-15-33(16-14-32)17-20-38-29-12-11-28(26-5-3-4-6-27(26)29)31-30(35)25-9-7-24(8-10-25)23-34-18-21-39(36,37)22-19-34/h3-12H,2,13-23H2,1H3,(H,31,35). The quantitative estimate of drug-likeness (QED) is 0.438. The molecule has 3 aromatic carbocycles. The number of piperazine rings is 1. The number of ether oxygens (including phenoxy) is 1. The lowest BCUT2D eigenvalue weighted by Gasteiger charge is -2.33. The Morgan fingerprint density at radius 3 is 2.18 bits per heavy atom. The second-order valence-electron chi connectivity index (χ2n) is 10.4. The van der Waals surface area contributed by atoms with E-state index in [-0.39, 0.29) is 17.4 Å². The van der Waals surface area contributed by atoms with Gasteiger partial charge >= 0.3 is 0 Å². The fraction of sp³-hybridized carbons (Fsp3) is 0.433. The first-order valence-corrected chi connectivity index (χ1v) is 15.6. The van der Waals surface area contributed by atoms with E-state index in [4.69, 9.17) is 4.74 Å². The summed E-state index contributed by atoms with van der Waals surface area (Å²) < 4.78 is 29.5. The van der Waals surface area contributed by atoms with Gasteiger partial charge in [0.05, 0.1) is 11.5 Å². The van der Waals surface area contributed by atoms with E-state index >= 15 is 0 Å². The molecule has 8 nitrogen and oxygen atoms in total. The number of rotatable bonds is 9. The predicted molar refractivity (Wildman–Crippen MR) is 156 cm³/mol. The van der Waals surface area contributed by atoms with Crippen molar-refractivity contribution >= 4 is 32.2 Å². The Morgan fingerprint density at radius 1 is 0.821 bits per heavy atom. The third-order valence-electron chi connectivity index (χ3n) is 7.77. The smallest absolute Gasteiger partial charge is 0.255 e. The van der Waals surface area contributed by atoms with Gasteiger partial charge < -0.3 is 15.0 Å². The Kier molecular flexibility index (Phi) is 8.82. The summed E-state index contributed by atoms with van der Waals surface area (Å²) in [6, 6.07) is 19.4.